The molecule has 0 aromatic heterocycles. The average Bonchev–Trinajstić information content (AvgIpc) is 1.88. The van der Waals surface area contributed by atoms with Gasteiger partial charge in [-0.15, -0.1) is 12.4 Å². The van der Waals surface area contributed by atoms with Gasteiger partial charge in [-0.3, -0.25) is 0 Å². The molecular formula is C8H18ClNO. The molecule has 1 fully saturated rings. The van der Waals surface area contributed by atoms with E-state index < -0.39 is 0 Å². The van der Waals surface area contributed by atoms with Crippen LogP contribution >= 0.6 is 12.4 Å². The number of hydrogen-bond acceptors (Lipinski definition) is 2. The number of hydrogen-bond donors (Lipinski definition) is 2. The Labute approximate surface area is 74.6 Å². The van der Waals surface area contributed by atoms with Crippen LogP contribution in [0.25, 0.3) is 0 Å². The maximum atomic E-state index is 9.22. The molecule has 1 aliphatic carbocycles. The topological polar surface area (TPSA) is 46.2 Å². The molecule has 0 aliphatic heterocycles. The van der Waals surface area contributed by atoms with Gasteiger partial charge in [-0.1, -0.05) is 0 Å². The van der Waals surface area contributed by atoms with Gasteiger partial charge in [0.1, 0.15) is 0 Å². The van der Waals surface area contributed by atoms with E-state index in [2.05, 4.69) is 0 Å². The summed E-state index contributed by atoms with van der Waals surface area (Å²) in [4.78, 5) is 0. The van der Waals surface area contributed by atoms with Crippen molar-refractivity contribution in [1.82, 2.24) is 0 Å². The lowest BCUT2D eigenvalue weighted by atomic mass is 9.84. The molecule has 0 heterocycles. The molecule has 0 bridgehead atoms. The number of halogens is 1. The molecule has 1 aliphatic rings. The maximum absolute atomic E-state index is 9.22. The highest BCUT2D eigenvalue weighted by molar-refractivity contribution is 5.85. The van der Waals surface area contributed by atoms with E-state index >= 15 is 0 Å². The second-order valence-electron chi connectivity index (χ2n) is 3.42. The summed E-state index contributed by atoms with van der Waals surface area (Å²) in [6, 6.07) is 0.398. The predicted molar refractivity (Wildman–Crippen MR) is 48.9 cm³/mol. The van der Waals surface area contributed by atoms with Gasteiger partial charge < -0.3 is 10.8 Å². The smallest absolute Gasteiger partial charge is 0.0540 e. The number of rotatable bonds is 1. The number of aliphatic hydroxyl groups excluding tert-OH is 1. The normalized spacial score (nSPS) is 34.1. The zero-order valence-electron chi connectivity index (χ0n) is 6.99. The first-order valence-corrected chi connectivity index (χ1v) is 4.14. The van der Waals surface area contributed by atoms with Crippen LogP contribution in [0.15, 0.2) is 0 Å². The molecule has 1 rings (SSSR count). The zero-order valence-corrected chi connectivity index (χ0v) is 7.81. The van der Waals surface area contributed by atoms with E-state index in [0.29, 0.717) is 12.0 Å². The van der Waals surface area contributed by atoms with E-state index in [1.165, 1.54) is 0 Å². The predicted octanol–water partition coefficient (Wildman–Crippen LogP) is 1.31. The Bertz CT molecular complexity index is 100. The van der Waals surface area contributed by atoms with Gasteiger partial charge in [-0.2, -0.15) is 0 Å². The summed E-state index contributed by atoms with van der Waals surface area (Å²) in [7, 11) is 0. The van der Waals surface area contributed by atoms with Crippen LogP contribution in [-0.2, 0) is 0 Å². The third kappa shape index (κ3) is 3.41. The molecule has 1 saturated carbocycles. The van der Waals surface area contributed by atoms with Gasteiger partial charge in [0.25, 0.3) is 0 Å². The molecule has 3 heteroatoms. The van der Waals surface area contributed by atoms with E-state index in [4.69, 9.17) is 5.73 Å². The lowest BCUT2D eigenvalue weighted by Gasteiger charge is -2.27. The zero-order chi connectivity index (χ0) is 7.56. The van der Waals surface area contributed by atoms with Crippen molar-refractivity contribution in [1.29, 1.82) is 0 Å². The Balaban J connectivity index is 0.000001000. The van der Waals surface area contributed by atoms with Crippen LogP contribution in [0.1, 0.15) is 32.6 Å². The first kappa shape index (κ1) is 11.2. The molecule has 1 atom stereocenters. The summed E-state index contributed by atoms with van der Waals surface area (Å²) >= 11 is 0. The molecule has 0 amide bonds. The number of aliphatic hydroxyl groups is 1. The minimum atomic E-state index is -0.132. The molecule has 3 N–H and O–H groups in total. The molecule has 1 unspecified atom stereocenters. The van der Waals surface area contributed by atoms with Crippen LogP contribution in [0.2, 0.25) is 0 Å². The summed E-state index contributed by atoms with van der Waals surface area (Å²) < 4.78 is 0. The van der Waals surface area contributed by atoms with E-state index in [9.17, 15) is 5.11 Å². The fourth-order valence-electron chi connectivity index (χ4n) is 1.63. The van der Waals surface area contributed by atoms with Gasteiger partial charge in [0, 0.05) is 6.04 Å². The summed E-state index contributed by atoms with van der Waals surface area (Å²) in [6.07, 6.45) is 4.27. The van der Waals surface area contributed by atoms with Crippen molar-refractivity contribution in [2.75, 3.05) is 0 Å². The summed E-state index contributed by atoms with van der Waals surface area (Å²) in [6.45, 7) is 1.88. The first-order chi connectivity index (χ1) is 4.70. The Morgan fingerprint density at radius 2 is 1.73 bits per heavy atom. The quantitative estimate of drug-likeness (QED) is 0.638. The molecule has 0 spiro atoms. The fourth-order valence-corrected chi connectivity index (χ4v) is 1.63. The fraction of sp³-hybridized carbons (Fsp3) is 1.00. The highest BCUT2D eigenvalue weighted by Gasteiger charge is 2.21. The largest absolute Gasteiger partial charge is 0.393 e. The van der Waals surface area contributed by atoms with Crippen molar-refractivity contribution in [2.24, 2.45) is 11.7 Å². The van der Waals surface area contributed by atoms with Crippen molar-refractivity contribution >= 4 is 12.4 Å². The van der Waals surface area contributed by atoms with Gasteiger partial charge >= 0.3 is 0 Å². The molecule has 11 heavy (non-hydrogen) atoms. The van der Waals surface area contributed by atoms with E-state index in [1.807, 2.05) is 6.92 Å². The van der Waals surface area contributed by atoms with Gasteiger partial charge in [0.15, 0.2) is 0 Å². The lowest BCUT2D eigenvalue weighted by Crippen LogP contribution is -2.30. The van der Waals surface area contributed by atoms with Crippen LogP contribution in [0.5, 0.6) is 0 Å². The molecule has 0 aromatic carbocycles. The minimum absolute atomic E-state index is 0. The molecule has 0 aromatic rings. The molecule has 0 saturated heterocycles. The molecule has 2 nitrogen and oxygen atoms in total. The Kier molecular flexibility index (Phi) is 5.06. The van der Waals surface area contributed by atoms with Crippen molar-refractivity contribution in [3.63, 3.8) is 0 Å². The Morgan fingerprint density at radius 1 is 1.27 bits per heavy atom. The molecule has 0 radical (unpaired) electrons. The third-order valence-electron chi connectivity index (χ3n) is 2.50. The van der Waals surface area contributed by atoms with Gasteiger partial charge in [-0.25, -0.2) is 0 Å². The van der Waals surface area contributed by atoms with Crippen molar-refractivity contribution in [3.8, 4) is 0 Å². The Hall–Kier alpha value is 0.210. The third-order valence-corrected chi connectivity index (χ3v) is 2.50. The van der Waals surface area contributed by atoms with Crippen molar-refractivity contribution in [3.05, 3.63) is 0 Å². The Morgan fingerprint density at radius 3 is 2.09 bits per heavy atom. The van der Waals surface area contributed by atoms with Gasteiger partial charge in [-0.05, 0) is 38.5 Å². The standard InChI is InChI=1S/C8H17NO.ClH/c1-6(10)7-2-4-8(9)5-3-7;/h6-8,10H,2-5,9H2,1H3;1H. The van der Waals surface area contributed by atoms with Gasteiger partial charge in [0.2, 0.25) is 0 Å². The van der Waals surface area contributed by atoms with Crippen LogP contribution in [0.3, 0.4) is 0 Å². The van der Waals surface area contributed by atoms with Crippen LogP contribution in [-0.4, -0.2) is 17.3 Å². The van der Waals surface area contributed by atoms with E-state index in [1.54, 1.807) is 0 Å². The van der Waals surface area contributed by atoms with Gasteiger partial charge in [0.05, 0.1) is 6.10 Å². The highest BCUT2D eigenvalue weighted by atomic mass is 35.5. The number of nitrogens with two attached hydrogens (primary N) is 1. The van der Waals surface area contributed by atoms with E-state index in [0.717, 1.165) is 25.7 Å². The maximum Gasteiger partial charge on any atom is 0.0540 e. The second kappa shape index (κ2) is 4.96. The first-order valence-electron chi connectivity index (χ1n) is 4.14. The monoisotopic (exact) mass is 179 g/mol. The summed E-state index contributed by atoms with van der Waals surface area (Å²) in [5, 5.41) is 9.22. The van der Waals surface area contributed by atoms with Crippen molar-refractivity contribution in [2.45, 2.75) is 44.8 Å². The highest BCUT2D eigenvalue weighted by Crippen LogP contribution is 2.25. The van der Waals surface area contributed by atoms with Crippen LogP contribution in [0.4, 0.5) is 0 Å². The van der Waals surface area contributed by atoms with Crippen molar-refractivity contribution < 1.29 is 5.11 Å². The summed E-state index contributed by atoms with van der Waals surface area (Å²) in [5.74, 6) is 0.514. The lowest BCUT2D eigenvalue weighted by molar-refractivity contribution is 0.0972. The van der Waals surface area contributed by atoms with E-state index in [-0.39, 0.29) is 18.5 Å². The minimum Gasteiger partial charge on any atom is -0.393 e. The SMILES string of the molecule is CC(O)C1CCC(N)CC1.Cl. The molecular weight excluding hydrogens is 162 g/mol. The molecule has 68 valence electrons. The average molecular weight is 180 g/mol. The second-order valence-corrected chi connectivity index (χ2v) is 3.42. The summed E-state index contributed by atoms with van der Waals surface area (Å²) in [5.41, 5.74) is 5.72. The van der Waals surface area contributed by atoms with Crippen LogP contribution in [0, 0.1) is 5.92 Å². The van der Waals surface area contributed by atoms with Crippen LogP contribution < -0.4 is 5.73 Å².